The van der Waals surface area contributed by atoms with Gasteiger partial charge in [-0.25, -0.2) is 0 Å². The summed E-state index contributed by atoms with van der Waals surface area (Å²) in [6, 6.07) is 0. The van der Waals surface area contributed by atoms with Crippen LogP contribution in [0.3, 0.4) is 0 Å². The maximum absolute atomic E-state index is 10.1. The second-order valence-corrected chi connectivity index (χ2v) is 3.83. The lowest BCUT2D eigenvalue weighted by Gasteiger charge is -2.19. The molecular formula is C8H19B4F4N3O8. The Hall–Kier alpha value is -1.77. The van der Waals surface area contributed by atoms with Gasteiger partial charge in [-0.3, -0.25) is 22.2 Å². The lowest BCUT2D eigenvalue weighted by molar-refractivity contribution is 0.338. The number of nitriles is 1. The van der Waals surface area contributed by atoms with Gasteiger partial charge in [0.25, 0.3) is 0 Å². The molecule has 19 heteroatoms. The lowest BCUT2D eigenvalue weighted by Crippen LogP contribution is -2.18. The Kier molecular flexibility index (Phi) is 27.1. The fourth-order valence-electron chi connectivity index (χ4n) is 0.893. The summed E-state index contributed by atoms with van der Waals surface area (Å²) in [4.78, 5) is 3.60. The minimum atomic E-state index is -2.67. The minimum Gasteiger partial charge on any atom is -0.398 e. The highest BCUT2D eigenvalue weighted by Crippen LogP contribution is 2.07. The lowest BCUT2D eigenvalue weighted by atomic mass is 10.3. The van der Waals surface area contributed by atoms with Crippen molar-refractivity contribution in [1.29, 1.82) is 5.26 Å². The first-order valence-corrected chi connectivity index (χ1v) is 6.40. The molecule has 8 N–H and O–H groups in total. The van der Waals surface area contributed by atoms with Crippen LogP contribution in [0.25, 0.3) is 0 Å². The smallest absolute Gasteiger partial charge is 0.398 e. The maximum Gasteiger partial charge on any atom is 0.674 e. The monoisotopic (exact) mass is 405 g/mol. The fraction of sp³-hybridized carbons (Fsp3) is 0.375. The largest absolute Gasteiger partial charge is 0.674 e. The highest BCUT2D eigenvalue weighted by atomic mass is 19.1. The van der Waals surface area contributed by atoms with Gasteiger partial charge >= 0.3 is 29.6 Å². The van der Waals surface area contributed by atoms with Crippen molar-refractivity contribution in [2.24, 2.45) is 0 Å². The number of hydrogen-bond acceptors (Lipinski definition) is 11. The van der Waals surface area contributed by atoms with Crippen molar-refractivity contribution in [3.05, 3.63) is 24.0 Å². The van der Waals surface area contributed by atoms with Gasteiger partial charge < -0.3 is 45.1 Å². The molecule has 0 unspecified atom stereocenters. The van der Waals surface area contributed by atoms with E-state index in [0.29, 0.717) is 6.54 Å². The summed E-state index contributed by atoms with van der Waals surface area (Å²) in [6.45, 7) is 0.681. The Balaban J connectivity index is -0.000000139. The molecule has 0 aromatic rings. The zero-order valence-corrected chi connectivity index (χ0v) is 14.2. The van der Waals surface area contributed by atoms with E-state index in [4.69, 9.17) is 45.5 Å². The Morgan fingerprint density at radius 3 is 1.33 bits per heavy atom. The van der Waals surface area contributed by atoms with E-state index in [2.05, 4.69) is 0 Å². The Bertz CT molecular complexity index is 394. The van der Waals surface area contributed by atoms with Gasteiger partial charge in [0, 0.05) is 26.0 Å². The first kappa shape index (κ1) is 32.9. The van der Waals surface area contributed by atoms with E-state index in [0.717, 1.165) is 5.70 Å². The van der Waals surface area contributed by atoms with Gasteiger partial charge in [0.15, 0.2) is 6.19 Å². The van der Waals surface area contributed by atoms with E-state index in [9.17, 15) is 17.3 Å². The topological polar surface area (TPSA) is 192 Å². The quantitative estimate of drug-likeness (QED) is 0.122. The summed E-state index contributed by atoms with van der Waals surface area (Å²) in [5.41, 5.74) is 1.15. The summed E-state index contributed by atoms with van der Waals surface area (Å²) in [5, 5.41) is 64.1. The average molecular weight is 404 g/mol. The van der Waals surface area contributed by atoms with Crippen molar-refractivity contribution in [3.63, 3.8) is 0 Å². The first-order chi connectivity index (χ1) is 12.2. The van der Waals surface area contributed by atoms with E-state index in [-0.39, 0.29) is 0 Å². The molecule has 0 aliphatic carbocycles. The third-order valence-electron chi connectivity index (χ3n) is 1.57. The van der Waals surface area contributed by atoms with Gasteiger partial charge in [0.1, 0.15) is 0 Å². The normalized spacial score (nSPS) is 10.4. The molecule has 0 spiro atoms. The molecule has 0 fully saturated rings. The van der Waals surface area contributed by atoms with E-state index < -0.39 is 29.6 Å². The SMILES string of the molecule is CN(C)C1=CCN(C#N)C=C1.OB(O)F.OB(O)F.OB(O)F.OB(O)F. The number of rotatable bonds is 1. The summed E-state index contributed by atoms with van der Waals surface area (Å²) < 4.78 is 40.4. The fourth-order valence-corrected chi connectivity index (χ4v) is 0.893. The zero-order valence-electron chi connectivity index (χ0n) is 14.2. The average Bonchev–Trinajstić information content (AvgIpc) is 2.45. The van der Waals surface area contributed by atoms with E-state index in [1.54, 1.807) is 11.1 Å². The summed E-state index contributed by atoms with van der Waals surface area (Å²) >= 11 is 0. The van der Waals surface area contributed by atoms with Gasteiger partial charge in [-0.05, 0) is 12.2 Å². The standard InChI is InChI=1S/C8H11N3.4BFH2O2/c1-10(2)8-3-5-11(7-9)6-4-8;4*2-1(3)4/h3-5H,6H2,1-2H3;4*3-4H. The summed E-state index contributed by atoms with van der Waals surface area (Å²) in [6.07, 6.45) is 7.77. The van der Waals surface area contributed by atoms with Crippen LogP contribution in [0.15, 0.2) is 24.0 Å². The third-order valence-corrected chi connectivity index (χ3v) is 1.57. The van der Waals surface area contributed by atoms with Gasteiger partial charge in [0.05, 0.1) is 6.54 Å². The molecule has 1 rings (SSSR count). The third kappa shape index (κ3) is 59.1. The van der Waals surface area contributed by atoms with Crippen molar-refractivity contribution >= 4 is 29.6 Å². The van der Waals surface area contributed by atoms with Gasteiger partial charge in [-0.2, -0.15) is 5.26 Å². The van der Waals surface area contributed by atoms with Crippen molar-refractivity contribution in [1.82, 2.24) is 9.80 Å². The van der Waals surface area contributed by atoms with Crippen LogP contribution in [-0.2, 0) is 0 Å². The highest BCUT2D eigenvalue weighted by Gasteiger charge is 2.03. The van der Waals surface area contributed by atoms with Crippen molar-refractivity contribution in [2.75, 3.05) is 20.6 Å². The molecular weight excluding hydrogens is 385 g/mol. The van der Waals surface area contributed by atoms with Crippen LogP contribution in [0.2, 0.25) is 0 Å². The van der Waals surface area contributed by atoms with E-state index in [1.165, 1.54) is 0 Å². The maximum atomic E-state index is 10.1. The molecule has 0 bridgehead atoms. The van der Waals surface area contributed by atoms with Crippen LogP contribution in [0, 0.1) is 11.5 Å². The van der Waals surface area contributed by atoms with Gasteiger partial charge in [-0.1, -0.05) is 0 Å². The minimum absolute atomic E-state index is 0.681. The number of hydrogen-bond donors (Lipinski definition) is 8. The van der Waals surface area contributed by atoms with Crippen LogP contribution in [0.4, 0.5) is 17.3 Å². The second kappa shape index (κ2) is 22.3. The molecule has 1 heterocycles. The van der Waals surface area contributed by atoms with Crippen LogP contribution in [-0.4, -0.2) is 100 Å². The van der Waals surface area contributed by atoms with E-state index in [1.807, 2.05) is 37.3 Å². The number of likely N-dealkylation sites (N-methyl/N-ethyl adjacent to an activating group) is 1. The molecule has 0 amide bonds. The Morgan fingerprint density at radius 1 is 0.889 bits per heavy atom. The first-order valence-electron chi connectivity index (χ1n) is 6.40. The molecule has 0 radical (unpaired) electrons. The Morgan fingerprint density at radius 2 is 1.19 bits per heavy atom. The number of halogens is 4. The second-order valence-electron chi connectivity index (χ2n) is 3.83. The highest BCUT2D eigenvalue weighted by molar-refractivity contribution is 6.32. The molecule has 0 saturated carbocycles. The molecule has 27 heavy (non-hydrogen) atoms. The predicted octanol–water partition coefficient (Wildman–Crippen LogP) is -3.56. The molecule has 0 saturated heterocycles. The van der Waals surface area contributed by atoms with Crippen LogP contribution >= 0.6 is 0 Å². The predicted molar refractivity (Wildman–Crippen MR) is 88.4 cm³/mol. The van der Waals surface area contributed by atoms with E-state index >= 15 is 0 Å². The van der Waals surface area contributed by atoms with Crippen molar-refractivity contribution in [2.45, 2.75) is 0 Å². The summed E-state index contributed by atoms with van der Waals surface area (Å²) in [5.74, 6) is 0. The van der Waals surface area contributed by atoms with Crippen molar-refractivity contribution < 1.29 is 57.5 Å². The van der Waals surface area contributed by atoms with Crippen LogP contribution in [0.1, 0.15) is 0 Å². The molecule has 0 aromatic carbocycles. The Labute approximate surface area is 154 Å². The zero-order chi connectivity index (χ0) is 22.6. The molecule has 1 aliphatic heterocycles. The molecule has 0 atom stereocenters. The van der Waals surface area contributed by atoms with Crippen molar-refractivity contribution in [3.8, 4) is 6.19 Å². The van der Waals surface area contributed by atoms with Crippen LogP contribution < -0.4 is 0 Å². The number of nitrogens with zero attached hydrogens (tertiary/aromatic N) is 3. The molecule has 1 aliphatic rings. The van der Waals surface area contributed by atoms with Crippen LogP contribution in [0.5, 0.6) is 0 Å². The number of allylic oxidation sites excluding steroid dienone is 1. The summed E-state index contributed by atoms with van der Waals surface area (Å²) in [7, 11) is -6.70. The van der Waals surface area contributed by atoms with Gasteiger partial charge in [0.2, 0.25) is 0 Å². The molecule has 11 nitrogen and oxygen atoms in total. The molecule has 0 aromatic heterocycles. The van der Waals surface area contributed by atoms with Gasteiger partial charge in [-0.15, -0.1) is 0 Å². The molecule has 154 valence electrons.